The molecule has 0 spiro atoms. The number of methoxy groups -OCH3 is 1. The molecule has 1 aromatic carbocycles. The van der Waals surface area contributed by atoms with Crippen molar-refractivity contribution >= 4 is 18.3 Å². The lowest BCUT2D eigenvalue weighted by molar-refractivity contribution is -0.130. The molecule has 1 aliphatic heterocycles. The third kappa shape index (κ3) is 4.70. The van der Waals surface area contributed by atoms with Crippen LogP contribution < -0.4 is 5.32 Å². The highest BCUT2D eigenvalue weighted by molar-refractivity contribution is 5.85. The summed E-state index contributed by atoms with van der Waals surface area (Å²) in [6, 6.07) is 10.8. The molecule has 1 aliphatic rings. The number of rotatable bonds is 6. The zero-order valence-corrected chi connectivity index (χ0v) is 13.6. The van der Waals surface area contributed by atoms with E-state index in [9.17, 15) is 4.79 Å². The van der Waals surface area contributed by atoms with Gasteiger partial charge in [0.1, 0.15) is 0 Å². The summed E-state index contributed by atoms with van der Waals surface area (Å²) in [4.78, 5) is 14.2. The predicted octanol–water partition coefficient (Wildman–Crippen LogP) is 2.05. The standard InChI is InChI=1S/C16H24N2O2.ClH/c1-13-15(14-6-4-3-5-7-14)8-10-18(13)16(19)12-17-9-11-20-2;/h3-7,13,15,17H,8-12H2,1-2H3;1H. The van der Waals surface area contributed by atoms with Gasteiger partial charge in [-0.25, -0.2) is 0 Å². The zero-order valence-electron chi connectivity index (χ0n) is 12.7. The van der Waals surface area contributed by atoms with Crippen LogP contribution in [0.3, 0.4) is 0 Å². The second-order valence-electron chi connectivity index (χ2n) is 5.30. The maximum atomic E-state index is 12.2. The summed E-state index contributed by atoms with van der Waals surface area (Å²) in [6.07, 6.45) is 1.05. The van der Waals surface area contributed by atoms with E-state index in [0.717, 1.165) is 13.0 Å². The van der Waals surface area contributed by atoms with Gasteiger partial charge < -0.3 is 15.0 Å². The van der Waals surface area contributed by atoms with E-state index >= 15 is 0 Å². The largest absolute Gasteiger partial charge is 0.383 e. The third-order valence-electron chi connectivity index (χ3n) is 4.06. The first-order valence-corrected chi connectivity index (χ1v) is 7.28. The minimum absolute atomic E-state index is 0. The second kappa shape index (κ2) is 9.03. The van der Waals surface area contributed by atoms with Crippen LogP contribution in [0.15, 0.2) is 30.3 Å². The summed E-state index contributed by atoms with van der Waals surface area (Å²) >= 11 is 0. The lowest BCUT2D eigenvalue weighted by atomic mass is 9.93. The van der Waals surface area contributed by atoms with Crippen molar-refractivity contribution in [3.05, 3.63) is 35.9 Å². The van der Waals surface area contributed by atoms with Crippen molar-refractivity contribution in [3.63, 3.8) is 0 Å². The van der Waals surface area contributed by atoms with E-state index in [4.69, 9.17) is 4.74 Å². The summed E-state index contributed by atoms with van der Waals surface area (Å²) in [5.74, 6) is 0.645. The predicted molar refractivity (Wildman–Crippen MR) is 87.0 cm³/mol. The number of ether oxygens (including phenoxy) is 1. The monoisotopic (exact) mass is 312 g/mol. The van der Waals surface area contributed by atoms with Crippen molar-refractivity contribution < 1.29 is 9.53 Å². The van der Waals surface area contributed by atoms with Crippen molar-refractivity contribution in [2.45, 2.75) is 25.3 Å². The van der Waals surface area contributed by atoms with E-state index in [-0.39, 0.29) is 24.4 Å². The van der Waals surface area contributed by atoms with Gasteiger partial charge in [-0.15, -0.1) is 12.4 Å². The number of carbonyl (C=O) groups excluding carboxylic acids is 1. The molecule has 5 heteroatoms. The number of halogens is 1. The fraction of sp³-hybridized carbons (Fsp3) is 0.562. The van der Waals surface area contributed by atoms with Gasteiger partial charge in [-0.3, -0.25) is 4.79 Å². The van der Waals surface area contributed by atoms with E-state index in [2.05, 4.69) is 36.5 Å². The van der Waals surface area contributed by atoms with Crippen LogP contribution in [0.5, 0.6) is 0 Å². The molecule has 1 fully saturated rings. The van der Waals surface area contributed by atoms with E-state index in [0.29, 0.717) is 25.6 Å². The van der Waals surface area contributed by atoms with E-state index in [1.165, 1.54) is 5.56 Å². The van der Waals surface area contributed by atoms with E-state index < -0.39 is 0 Å². The normalized spacial score (nSPS) is 21.1. The van der Waals surface area contributed by atoms with Gasteiger partial charge in [0, 0.05) is 32.2 Å². The van der Waals surface area contributed by atoms with Crippen molar-refractivity contribution in [2.24, 2.45) is 0 Å². The number of nitrogens with zero attached hydrogens (tertiary/aromatic N) is 1. The quantitative estimate of drug-likeness (QED) is 0.817. The topological polar surface area (TPSA) is 41.6 Å². The molecule has 0 saturated carbocycles. The molecule has 0 radical (unpaired) electrons. The maximum Gasteiger partial charge on any atom is 0.236 e. The van der Waals surface area contributed by atoms with Crippen molar-refractivity contribution in [2.75, 3.05) is 33.4 Å². The van der Waals surface area contributed by atoms with Crippen molar-refractivity contribution in [1.29, 1.82) is 0 Å². The number of carbonyl (C=O) groups is 1. The molecule has 1 amide bonds. The molecule has 4 nitrogen and oxygen atoms in total. The Hall–Kier alpha value is -1.10. The molecule has 1 saturated heterocycles. The molecule has 0 aliphatic carbocycles. The number of nitrogens with one attached hydrogen (secondary N) is 1. The highest BCUT2D eigenvalue weighted by Gasteiger charge is 2.34. The van der Waals surface area contributed by atoms with Gasteiger partial charge in [0.05, 0.1) is 13.2 Å². The van der Waals surface area contributed by atoms with Crippen LogP contribution in [0.2, 0.25) is 0 Å². The van der Waals surface area contributed by atoms with Gasteiger partial charge >= 0.3 is 0 Å². The van der Waals surface area contributed by atoms with Gasteiger partial charge in [-0.1, -0.05) is 30.3 Å². The average Bonchev–Trinajstić information content (AvgIpc) is 2.86. The van der Waals surface area contributed by atoms with Gasteiger partial charge in [0.2, 0.25) is 5.91 Å². The molecule has 0 aromatic heterocycles. The number of likely N-dealkylation sites (tertiary alicyclic amines) is 1. The number of hydrogen-bond donors (Lipinski definition) is 1. The highest BCUT2D eigenvalue weighted by Crippen LogP contribution is 2.32. The molecule has 0 bridgehead atoms. The van der Waals surface area contributed by atoms with Gasteiger partial charge in [-0.05, 0) is 18.9 Å². The first-order chi connectivity index (χ1) is 9.74. The number of amides is 1. The Labute approximate surface area is 133 Å². The Morgan fingerprint density at radius 2 is 2.10 bits per heavy atom. The van der Waals surface area contributed by atoms with Crippen LogP contribution >= 0.6 is 12.4 Å². The first kappa shape index (κ1) is 18.0. The molecule has 1 N–H and O–H groups in total. The molecular weight excluding hydrogens is 288 g/mol. The SMILES string of the molecule is COCCNCC(=O)N1CCC(c2ccccc2)C1C.Cl. The Morgan fingerprint density at radius 1 is 1.38 bits per heavy atom. The lowest BCUT2D eigenvalue weighted by Crippen LogP contribution is -2.41. The molecule has 1 aromatic rings. The van der Waals surface area contributed by atoms with Crippen LogP contribution in [0.4, 0.5) is 0 Å². The summed E-state index contributed by atoms with van der Waals surface area (Å²) in [5.41, 5.74) is 1.34. The Balaban J connectivity index is 0.00000220. The first-order valence-electron chi connectivity index (χ1n) is 7.28. The van der Waals surface area contributed by atoms with E-state index in [1.54, 1.807) is 7.11 Å². The molecule has 118 valence electrons. The molecule has 2 unspecified atom stereocenters. The van der Waals surface area contributed by atoms with Crippen molar-refractivity contribution in [3.8, 4) is 0 Å². The average molecular weight is 313 g/mol. The van der Waals surface area contributed by atoms with Crippen LogP contribution in [-0.2, 0) is 9.53 Å². The van der Waals surface area contributed by atoms with Crippen LogP contribution in [0.25, 0.3) is 0 Å². The van der Waals surface area contributed by atoms with Crippen LogP contribution in [-0.4, -0.2) is 50.2 Å². The minimum Gasteiger partial charge on any atom is -0.383 e. The molecule has 2 atom stereocenters. The van der Waals surface area contributed by atoms with Crippen LogP contribution in [0.1, 0.15) is 24.8 Å². The smallest absolute Gasteiger partial charge is 0.236 e. The molecule has 2 rings (SSSR count). The third-order valence-corrected chi connectivity index (χ3v) is 4.06. The van der Waals surface area contributed by atoms with Crippen molar-refractivity contribution in [1.82, 2.24) is 10.2 Å². The number of hydrogen-bond acceptors (Lipinski definition) is 3. The van der Waals surface area contributed by atoms with Crippen LogP contribution in [0, 0.1) is 0 Å². The Kier molecular flexibility index (Phi) is 7.72. The second-order valence-corrected chi connectivity index (χ2v) is 5.30. The Morgan fingerprint density at radius 3 is 2.76 bits per heavy atom. The fourth-order valence-electron chi connectivity index (χ4n) is 2.91. The summed E-state index contributed by atoms with van der Waals surface area (Å²) < 4.78 is 4.96. The lowest BCUT2D eigenvalue weighted by Gasteiger charge is -2.25. The zero-order chi connectivity index (χ0) is 14.4. The summed E-state index contributed by atoms with van der Waals surface area (Å²) in [5, 5.41) is 3.12. The maximum absolute atomic E-state index is 12.2. The summed E-state index contributed by atoms with van der Waals surface area (Å²) in [6.45, 7) is 4.75. The highest BCUT2D eigenvalue weighted by atomic mass is 35.5. The van der Waals surface area contributed by atoms with Gasteiger partial charge in [0.25, 0.3) is 0 Å². The molecular formula is C16H25ClN2O2. The Bertz CT molecular complexity index is 428. The minimum atomic E-state index is 0. The fourth-order valence-corrected chi connectivity index (χ4v) is 2.91. The van der Waals surface area contributed by atoms with Gasteiger partial charge in [0.15, 0.2) is 0 Å². The van der Waals surface area contributed by atoms with E-state index in [1.807, 2.05) is 11.0 Å². The summed E-state index contributed by atoms with van der Waals surface area (Å²) in [7, 11) is 1.66. The van der Waals surface area contributed by atoms with Gasteiger partial charge in [-0.2, -0.15) is 0 Å². The molecule has 21 heavy (non-hydrogen) atoms. The number of benzene rings is 1. The molecule has 1 heterocycles.